The first-order valence-corrected chi connectivity index (χ1v) is 8.79. The first-order chi connectivity index (χ1) is 11.0. The number of hydrogen-bond donors (Lipinski definition) is 1. The maximum atomic E-state index is 12.6. The Morgan fingerprint density at radius 3 is 2.52 bits per heavy atom. The number of rotatable bonds is 6. The predicted octanol–water partition coefficient (Wildman–Crippen LogP) is 3.70. The number of aryl methyl sites for hydroxylation is 1. The van der Waals surface area contributed by atoms with Crippen LogP contribution in [-0.4, -0.2) is 32.2 Å². The number of hydrogen-bond acceptors (Lipinski definition) is 4. The van der Waals surface area contributed by atoms with Gasteiger partial charge in [0.05, 0.1) is 4.91 Å². The number of carboxylic acids is 1. The average Bonchev–Trinajstić information content (AvgIpc) is 2.80. The molecular weight excluding hydrogens is 330 g/mol. The zero-order valence-corrected chi connectivity index (χ0v) is 14.7. The Kier molecular flexibility index (Phi) is 5.96. The van der Waals surface area contributed by atoms with E-state index in [0.29, 0.717) is 22.1 Å². The SMILES string of the molecule is CCC[C@H](C(=O)O)N1C(=O)/C(=C/c2ccc(CC)cc2)SC1=S. The number of thiocarbonyl (C=S) groups is 1. The monoisotopic (exact) mass is 349 g/mol. The van der Waals surface area contributed by atoms with Crippen molar-refractivity contribution < 1.29 is 14.7 Å². The van der Waals surface area contributed by atoms with E-state index in [9.17, 15) is 14.7 Å². The van der Waals surface area contributed by atoms with Gasteiger partial charge in [0.15, 0.2) is 0 Å². The van der Waals surface area contributed by atoms with Crippen LogP contribution >= 0.6 is 24.0 Å². The van der Waals surface area contributed by atoms with Gasteiger partial charge < -0.3 is 5.11 Å². The molecule has 0 radical (unpaired) electrons. The van der Waals surface area contributed by atoms with Gasteiger partial charge in [-0.3, -0.25) is 9.69 Å². The Bertz CT molecular complexity index is 652. The lowest BCUT2D eigenvalue weighted by molar-refractivity contribution is -0.145. The van der Waals surface area contributed by atoms with E-state index in [2.05, 4.69) is 6.92 Å². The minimum atomic E-state index is -1.02. The highest BCUT2D eigenvalue weighted by Gasteiger charge is 2.39. The van der Waals surface area contributed by atoms with Crippen LogP contribution in [0.1, 0.15) is 37.8 Å². The maximum Gasteiger partial charge on any atom is 0.326 e. The van der Waals surface area contributed by atoms with Gasteiger partial charge in [0.1, 0.15) is 10.4 Å². The molecule has 1 atom stereocenters. The summed E-state index contributed by atoms with van der Waals surface area (Å²) in [6, 6.07) is 7.05. The Balaban J connectivity index is 2.25. The Labute approximate surface area is 145 Å². The van der Waals surface area contributed by atoms with Crippen LogP contribution in [0.5, 0.6) is 0 Å². The van der Waals surface area contributed by atoms with E-state index in [0.717, 1.165) is 23.7 Å². The summed E-state index contributed by atoms with van der Waals surface area (Å²) in [5.74, 6) is -1.34. The smallest absolute Gasteiger partial charge is 0.326 e. The topological polar surface area (TPSA) is 57.6 Å². The number of aliphatic carboxylic acids is 1. The van der Waals surface area contributed by atoms with Crippen LogP contribution in [0.2, 0.25) is 0 Å². The molecule has 23 heavy (non-hydrogen) atoms. The molecule has 1 fully saturated rings. The fourth-order valence-corrected chi connectivity index (χ4v) is 3.74. The fourth-order valence-electron chi connectivity index (χ4n) is 2.39. The molecule has 122 valence electrons. The van der Waals surface area contributed by atoms with Gasteiger partial charge in [0, 0.05) is 0 Å². The van der Waals surface area contributed by atoms with Gasteiger partial charge in [0.2, 0.25) is 0 Å². The molecule has 1 aromatic rings. The van der Waals surface area contributed by atoms with Crippen molar-refractivity contribution in [2.24, 2.45) is 0 Å². The molecule has 2 rings (SSSR count). The molecule has 4 nitrogen and oxygen atoms in total. The zero-order chi connectivity index (χ0) is 17.0. The number of carbonyl (C=O) groups excluding carboxylic acids is 1. The second-order valence-electron chi connectivity index (χ2n) is 5.29. The summed E-state index contributed by atoms with van der Waals surface area (Å²) in [6.45, 7) is 3.97. The van der Waals surface area contributed by atoms with E-state index < -0.39 is 12.0 Å². The molecule has 1 aliphatic rings. The van der Waals surface area contributed by atoms with E-state index in [4.69, 9.17) is 12.2 Å². The molecule has 1 N–H and O–H groups in total. The molecule has 0 saturated carbocycles. The van der Waals surface area contributed by atoms with Crippen molar-refractivity contribution in [2.75, 3.05) is 0 Å². The van der Waals surface area contributed by atoms with Crippen molar-refractivity contribution in [3.8, 4) is 0 Å². The summed E-state index contributed by atoms with van der Waals surface area (Å²) in [5, 5.41) is 9.35. The van der Waals surface area contributed by atoms with Crippen molar-refractivity contribution in [3.63, 3.8) is 0 Å². The summed E-state index contributed by atoms with van der Waals surface area (Å²) < 4.78 is 0.312. The van der Waals surface area contributed by atoms with Crippen LogP contribution in [-0.2, 0) is 16.0 Å². The molecule has 6 heteroatoms. The van der Waals surface area contributed by atoms with Gasteiger partial charge >= 0.3 is 5.97 Å². The van der Waals surface area contributed by atoms with Gasteiger partial charge in [-0.05, 0) is 30.0 Å². The number of carbonyl (C=O) groups is 2. The Morgan fingerprint density at radius 2 is 2.00 bits per heavy atom. The first kappa shape index (κ1) is 17.7. The van der Waals surface area contributed by atoms with Crippen molar-refractivity contribution >= 4 is 46.3 Å². The quantitative estimate of drug-likeness (QED) is 0.627. The molecule has 1 aliphatic heterocycles. The lowest BCUT2D eigenvalue weighted by Gasteiger charge is -2.22. The molecule has 1 heterocycles. The van der Waals surface area contributed by atoms with Gasteiger partial charge in [-0.2, -0.15) is 0 Å². The van der Waals surface area contributed by atoms with Crippen molar-refractivity contribution in [1.82, 2.24) is 4.90 Å². The third-order valence-corrected chi connectivity index (χ3v) is 5.00. The average molecular weight is 349 g/mol. The number of thioether (sulfide) groups is 1. The summed E-state index contributed by atoms with van der Waals surface area (Å²) in [7, 11) is 0. The van der Waals surface area contributed by atoms with E-state index in [1.54, 1.807) is 6.08 Å². The Morgan fingerprint density at radius 1 is 1.35 bits per heavy atom. The van der Waals surface area contributed by atoms with E-state index >= 15 is 0 Å². The molecule has 1 aromatic carbocycles. The van der Waals surface area contributed by atoms with Crippen LogP contribution in [0, 0.1) is 0 Å². The zero-order valence-electron chi connectivity index (χ0n) is 13.1. The van der Waals surface area contributed by atoms with Crippen molar-refractivity contribution in [2.45, 2.75) is 39.2 Å². The van der Waals surface area contributed by atoms with Gasteiger partial charge in [-0.25, -0.2) is 4.79 Å². The highest BCUT2D eigenvalue weighted by atomic mass is 32.2. The summed E-state index contributed by atoms with van der Waals surface area (Å²) in [5.41, 5.74) is 2.13. The highest BCUT2D eigenvalue weighted by molar-refractivity contribution is 8.26. The normalized spacial score (nSPS) is 17.8. The summed E-state index contributed by atoms with van der Waals surface area (Å²) >= 11 is 6.39. The lowest BCUT2D eigenvalue weighted by atomic mass is 10.1. The van der Waals surface area contributed by atoms with Crippen LogP contribution in [0.4, 0.5) is 0 Å². The lowest BCUT2D eigenvalue weighted by Crippen LogP contribution is -2.43. The van der Waals surface area contributed by atoms with Crippen molar-refractivity contribution in [3.05, 3.63) is 40.3 Å². The van der Waals surface area contributed by atoms with Crippen LogP contribution < -0.4 is 0 Å². The number of amides is 1. The van der Waals surface area contributed by atoms with E-state index in [1.165, 1.54) is 10.5 Å². The molecule has 0 aromatic heterocycles. The third kappa shape index (κ3) is 4.00. The van der Waals surface area contributed by atoms with Crippen LogP contribution in [0.15, 0.2) is 29.2 Å². The maximum absolute atomic E-state index is 12.6. The van der Waals surface area contributed by atoms with E-state index in [-0.39, 0.29) is 5.91 Å². The predicted molar refractivity (Wildman–Crippen MR) is 97.2 cm³/mol. The summed E-state index contributed by atoms with van der Waals surface area (Å²) in [4.78, 5) is 25.7. The van der Waals surface area contributed by atoms with Gasteiger partial charge in [-0.1, -0.05) is 68.5 Å². The largest absolute Gasteiger partial charge is 0.480 e. The molecule has 1 saturated heterocycles. The highest BCUT2D eigenvalue weighted by Crippen LogP contribution is 2.34. The number of carboxylic acid groups (broad SMARTS) is 1. The third-order valence-electron chi connectivity index (χ3n) is 3.67. The van der Waals surface area contributed by atoms with E-state index in [1.807, 2.05) is 31.2 Å². The first-order valence-electron chi connectivity index (χ1n) is 7.56. The second kappa shape index (κ2) is 7.75. The van der Waals surface area contributed by atoms with Crippen LogP contribution in [0.3, 0.4) is 0 Å². The molecule has 0 aliphatic carbocycles. The van der Waals surface area contributed by atoms with Crippen LogP contribution in [0.25, 0.3) is 6.08 Å². The molecule has 0 bridgehead atoms. The molecule has 0 unspecified atom stereocenters. The van der Waals surface area contributed by atoms with Crippen molar-refractivity contribution in [1.29, 1.82) is 0 Å². The van der Waals surface area contributed by atoms with Gasteiger partial charge in [-0.15, -0.1) is 0 Å². The molecule has 1 amide bonds. The fraction of sp³-hybridized carbons (Fsp3) is 0.353. The summed E-state index contributed by atoms with van der Waals surface area (Å²) in [6.07, 6.45) is 3.79. The molecule has 0 spiro atoms. The minimum absolute atomic E-state index is 0.312. The van der Waals surface area contributed by atoms with Gasteiger partial charge in [0.25, 0.3) is 5.91 Å². The Hall–Kier alpha value is -1.66. The molecular formula is C17H19NO3S2. The standard InChI is InChI=1S/C17H19NO3S2/c1-3-5-13(16(20)21)18-15(19)14(23-17(18)22)10-12-8-6-11(4-2)7-9-12/h6-10,13H,3-5H2,1-2H3,(H,20,21)/b14-10-/t13-/m1/s1. The number of benzene rings is 1. The minimum Gasteiger partial charge on any atom is -0.480 e. The second-order valence-corrected chi connectivity index (χ2v) is 6.97. The number of nitrogens with zero attached hydrogens (tertiary/aromatic N) is 1.